The molecular formula is C21H29N5O3S2. The van der Waals surface area contributed by atoms with Crippen molar-refractivity contribution in [3.63, 3.8) is 0 Å². The van der Waals surface area contributed by atoms with Gasteiger partial charge in [0.1, 0.15) is 0 Å². The van der Waals surface area contributed by atoms with Crippen LogP contribution in [0.5, 0.6) is 0 Å². The lowest BCUT2D eigenvalue weighted by molar-refractivity contribution is -0.119. The minimum absolute atomic E-state index is 0.0102. The van der Waals surface area contributed by atoms with Crippen molar-refractivity contribution in [2.75, 3.05) is 18.8 Å². The van der Waals surface area contributed by atoms with Crippen LogP contribution < -0.4 is 16.2 Å². The van der Waals surface area contributed by atoms with E-state index in [4.69, 9.17) is 0 Å². The van der Waals surface area contributed by atoms with E-state index in [2.05, 4.69) is 15.6 Å². The molecule has 3 heterocycles. The molecule has 3 amide bonds. The molecule has 168 valence electrons. The van der Waals surface area contributed by atoms with Gasteiger partial charge in [0.25, 0.3) is 5.56 Å². The second-order valence-corrected chi connectivity index (χ2v) is 10.1. The first-order valence-electron chi connectivity index (χ1n) is 11.0. The lowest BCUT2D eigenvalue weighted by atomic mass is 9.95. The highest BCUT2D eigenvalue weighted by Crippen LogP contribution is 2.18. The monoisotopic (exact) mass is 463 g/mol. The van der Waals surface area contributed by atoms with Gasteiger partial charge in [-0.25, -0.2) is 9.78 Å². The van der Waals surface area contributed by atoms with Crippen molar-refractivity contribution in [2.24, 2.45) is 0 Å². The molecule has 2 aromatic rings. The molecule has 2 N–H and O–H groups in total. The van der Waals surface area contributed by atoms with Crippen LogP contribution in [0.2, 0.25) is 0 Å². The molecule has 0 unspecified atom stereocenters. The molecule has 0 atom stereocenters. The number of thiazole rings is 1. The number of thioether (sulfide) groups is 1. The number of aromatic nitrogens is 2. The molecule has 0 radical (unpaired) electrons. The van der Waals surface area contributed by atoms with Gasteiger partial charge >= 0.3 is 6.03 Å². The summed E-state index contributed by atoms with van der Waals surface area (Å²) in [4.78, 5) is 43.8. The number of hydrogen-bond donors (Lipinski definition) is 2. The summed E-state index contributed by atoms with van der Waals surface area (Å²) in [6.07, 6.45) is 9.12. The largest absolute Gasteiger partial charge is 0.353 e. The molecule has 31 heavy (non-hydrogen) atoms. The maximum absolute atomic E-state index is 12.5. The lowest BCUT2D eigenvalue weighted by Gasteiger charge is -2.34. The Labute approximate surface area is 189 Å². The SMILES string of the molecule is O=C(CSCc1cc(=O)n2ccsc2n1)NC1CCN(C(=O)NC2CCCCC2)CC1. The third-order valence-electron chi connectivity index (χ3n) is 5.92. The molecule has 0 spiro atoms. The number of nitrogens with one attached hydrogen (secondary N) is 2. The number of carbonyl (C=O) groups excluding carboxylic acids is 2. The Morgan fingerprint density at radius 3 is 2.61 bits per heavy atom. The quantitative estimate of drug-likeness (QED) is 0.687. The Morgan fingerprint density at radius 2 is 1.84 bits per heavy atom. The Kier molecular flexibility index (Phi) is 7.49. The smallest absolute Gasteiger partial charge is 0.317 e. The number of nitrogens with zero attached hydrogens (tertiary/aromatic N) is 3. The number of carbonyl (C=O) groups is 2. The number of hydrogen-bond acceptors (Lipinski definition) is 6. The van der Waals surface area contributed by atoms with Crippen LogP contribution in [0.3, 0.4) is 0 Å². The van der Waals surface area contributed by atoms with E-state index < -0.39 is 0 Å². The first-order chi connectivity index (χ1) is 15.1. The van der Waals surface area contributed by atoms with Gasteiger partial charge in [-0.15, -0.1) is 23.1 Å². The second-order valence-electron chi connectivity index (χ2n) is 8.25. The molecular weight excluding hydrogens is 434 g/mol. The lowest BCUT2D eigenvalue weighted by Crippen LogP contribution is -2.51. The molecule has 1 aliphatic heterocycles. The van der Waals surface area contributed by atoms with Crippen LogP contribution in [-0.4, -0.2) is 57.1 Å². The van der Waals surface area contributed by atoms with Crippen LogP contribution >= 0.6 is 23.1 Å². The van der Waals surface area contributed by atoms with Crippen LogP contribution in [0.4, 0.5) is 4.79 Å². The number of rotatable bonds is 6. The fraction of sp³-hybridized carbons (Fsp3) is 0.619. The van der Waals surface area contributed by atoms with Crippen LogP contribution in [0, 0.1) is 0 Å². The fourth-order valence-corrected chi connectivity index (χ4v) is 5.69. The highest BCUT2D eigenvalue weighted by Gasteiger charge is 2.25. The molecule has 0 aromatic carbocycles. The van der Waals surface area contributed by atoms with Gasteiger partial charge in [-0.2, -0.15) is 0 Å². The van der Waals surface area contributed by atoms with Crippen molar-refractivity contribution in [1.29, 1.82) is 0 Å². The standard InChI is InChI=1S/C21H29N5O3S2/c27-18(14-30-13-17-12-19(28)26-10-11-31-21(26)24-17)22-16-6-8-25(9-7-16)20(29)23-15-4-2-1-3-5-15/h10-12,15-16H,1-9,13-14H2,(H,22,27)(H,23,29). The van der Waals surface area contributed by atoms with E-state index in [9.17, 15) is 14.4 Å². The molecule has 4 rings (SSSR count). The first kappa shape index (κ1) is 22.1. The molecule has 0 bridgehead atoms. The van der Waals surface area contributed by atoms with Crippen molar-refractivity contribution in [3.8, 4) is 0 Å². The van der Waals surface area contributed by atoms with E-state index in [1.807, 2.05) is 10.3 Å². The van der Waals surface area contributed by atoms with Crippen LogP contribution in [-0.2, 0) is 10.5 Å². The zero-order valence-corrected chi connectivity index (χ0v) is 19.2. The summed E-state index contributed by atoms with van der Waals surface area (Å²) in [5.41, 5.74) is 0.605. The average Bonchev–Trinajstić information content (AvgIpc) is 3.24. The average molecular weight is 464 g/mol. The predicted molar refractivity (Wildman–Crippen MR) is 124 cm³/mol. The summed E-state index contributed by atoms with van der Waals surface area (Å²) in [5, 5.41) is 8.08. The Bertz CT molecular complexity index is 961. The highest BCUT2D eigenvalue weighted by molar-refractivity contribution is 7.99. The van der Waals surface area contributed by atoms with E-state index in [1.54, 1.807) is 6.20 Å². The maximum Gasteiger partial charge on any atom is 0.317 e. The van der Waals surface area contributed by atoms with Crippen LogP contribution in [0.25, 0.3) is 4.96 Å². The topological polar surface area (TPSA) is 95.8 Å². The van der Waals surface area contributed by atoms with Gasteiger partial charge in [0.05, 0.1) is 11.4 Å². The molecule has 1 aliphatic carbocycles. The van der Waals surface area contributed by atoms with Crippen molar-refractivity contribution in [3.05, 3.63) is 33.7 Å². The molecule has 8 nitrogen and oxygen atoms in total. The normalized spacial score (nSPS) is 18.3. The van der Waals surface area contributed by atoms with Gasteiger partial charge in [0, 0.05) is 48.6 Å². The fourth-order valence-electron chi connectivity index (χ4n) is 4.22. The second kappa shape index (κ2) is 10.5. The summed E-state index contributed by atoms with van der Waals surface area (Å²) in [5.74, 6) is 0.842. The number of likely N-dealkylation sites (tertiary alicyclic amines) is 1. The number of amides is 3. The third-order valence-corrected chi connectivity index (χ3v) is 7.64. The minimum atomic E-state index is -0.0921. The van der Waals surface area contributed by atoms with Gasteiger partial charge < -0.3 is 15.5 Å². The van der Waals surface area contributed by atoms with Gasteiger partial charge in [0.15, 0.2) is 4.96 Å². The summed E-state index contributed by atoms with van der Waals surface area (Å²) >= 11 is 2.88. The van der Waals surface area contributed by atoms with Crippen molar-refractivity contribution in [2.45, 2.75) is 62.8 Å². The molecule has 10 heteroatoms. The zero-order chi connectivity index (χ0) is 21.6. The van der Waals surface area contributed by atoms with E-state index in [1.165, 1.54) is 52.8 Å². The van der Waals surface area contributed by atoms with Gasteiger partial charge in [-0.05, 0) is 25.7 Å². The van der Waals surface area contributed by atoms with Crippen molar-refractivity contribution >= 4 is 40.0 Å². The summed E-state index contributed by atoms with van der Waals surface area (Å²) in [7, 11) is 0. The number of fused-ring (bicyclic) bond motifs is 1. The molecule has 2 fully saturated rings. The summed E-state index contributed by atoms with van der Waals surface area (Å²) in [6.45, 7) is 1.34. The number of piperidine rings is 1. The van der Waals surface area contributed by atoms with Gasteiger partial charge in [-0.3, -0.25) is 14.0 Å². The van der Waals surface area contributed by atoms with Crippen molar-refractivity contribution < 1.29 is 9.59 Å². The van der Waals surface area contributed by atoms with Gasteiger partial charge in [-0.1, -0.05) is 19.3 Å². The Morgan fingerprint density at radius 1 is 1.10 bits per heavy atom. The summed E-state index contributed by atoms with van der Waals surface area (Å²) < 4.78 is 1.52. The molecule has 2 aliphatic rings. The molecule has 1 saturated heterocycles. The molecule has 1 saturated carbocycles. The summed E-state index contributed by atoms with van der Waals surface area (Å²) in [6, 6.07) is 2.00. The van der Waals surface area contributed by atoms with Crippen LogP contribution in [0.1, 0.15) is 50.6 Å². The third kappa shape index (κ3) is 6.00. The zero-order valence-electron chi connectivity index (χ0n) is 17.5. The van der Waals surface area contributed by atoms with E-state index >= 15 is 0 Å². The van der Waals surface area contributed by atoms with E-state index in [0.29, 0.717) is 41.3 Å². The van der Waals surface area contributed by atoms with Crippen molar-refractivity contribution in [1.82, 2.24) is 24.9 Å². The molecule has 2 aromatic heterocycles. The van der Waals surface area contributed by atoms with Crippen LogP contribution in [0.15, 0.2) is 22.4 Å². The number of urea groups is 1. The minimum Gasteiger partial charge on any atom is -0.353 e. The maximum atomic E-state index is 12.5. The van der Waals surface area contributed by atoms with Gasteiger partial charge in [0.2, 0.25) is 5.91 Å². The predicted octanol–water partition coefficient (Wildman–Crippen LogP) is 2.61. The van der Waals surface area contributed by atoms with E-state index in [0.717, 1.165) is 25.7 Å². The first-order valence-corrected chi connectivity index (χ1v) is 13.0. The highest BCUT2D eigenvalue weighted by atomic mass is 32.2. The van der Waals surface area contributed by atoms with E-state index in [-0.39, 0.29) is 23.5 Å². The Hall–Kier alpha value is -2.07. The Balaban J connectivity index is 1.15.